The van der Waals surface area contributed by atoms with Crippen LogP contribution in [0.5, 0.6) is 5.75 Å². The number of amides is 2. The molecule has 2 heterocycles. The third kappa shape index (κ3) is 3.50. The predicted octanol–water partition coefficient (Wildman–Crippen LogP) is 5.28. The molecule has 0 saturated carbocycles. The average Bonchev–Trinajstić information content (AvgIpc) is 3.35. The van der Waals surface area contributed by atoms with Gasteiger partial charge in [-0.3, -0.25) is 9.59 Å². The highest BCUT2D eigenvalue weighted by Crippen LogP contribution is 2.37. The maximum absolute atomic E-state index is 13.4. The van der Waals surface area contributed by atoms with Crippen LogP contribution in [-0.2, 0) is 9.59 Å². The molecule has 152 valence electrons. The van der Waals surface area contributed by atoms with Crippen molar-refractivity contribution in [1.82, 2.24) is 0 Å². The SMILES string of the molecule is COc1ccccc1NC1=C(c2cccs2)C(=O)N(c2ccc(C(C)C)cc2)C1=O. The van der Waals surface area contributed by atoms with Crippen molar-refractivity contribution >= 4 is 40.1 Å². The maximum Gasteiger partial charge on any atom is 0.282 e. The molecule has 1 aliphatic rings. The number of carbonyl (C=O) groups excluding carboxylic acids is 2. The topological polar surface area (TPSA) is 58.6 Å². The highest BCUT2D eigenvalue weighted by molar-refractivity contribution is 7.11. The number of anilines is 2. The molecule has 0 aliphatic carbocycles. The third-order valence-corrected chi connectivity index (χ3v) is 5.92. The van der Waals surface area contributed by atoms with Crippen LogP contribution in [0.3, 0.4) is 0 Å². The van der Waals surface area contributed by atoms with Gasteiger partial charge in [0.2, 0.25) is 0 Å². The Hall–Kier alpha value is -3.38. The first kappa shape index (κ1) is 19.9. The van der Waals surface area contributed by atoms with E-state index in [-0.39, 0.29) is 17.5 Å². The second kappa shape index (κ2) is 8.16. The van der Waals surface area contributed by atoms with Gasteiger partial charge in [0.15, 0.2) is 0 Å². The summed E-state index contributed by atoms with van der Waals surface area (Å²) in [5, 5.41) is 5.05. The van der Waals surface area contributed by atoms with Gasteiger partial charge in [0.25, 0.3) is 11.8 Å². The van der Waals surface area contributed by atoms with Crippen LogP contribution in [0.4, 0.5) is 11.4 Å². The van der Waals surface area contributed by atoms with Crippen LogP contribution >= 0.6 is 11.3 Å². The van der Waals surface area contributed by atoms with Gasteiger partial charge in [-0.2, -0.15) is 0 Å². The Bertz CT molecular complexity index is 1120. The van der Waals surface area contributed by atoms with Crippen LogP contribution in [0.1, 0.15) is 30.2 Å². The summed E-state index contributed by atoms with van der Waals surface area (Å²) in [6, 6.07) is 18.6. The Morgan fingerprint density at radius 3 is 2.30 bits per heavy atom. The van der Waals surface area contributed by atoms with Crippen molar-refractivity contribution in [2.75, 3.05) is 17.3 Å². The number of imide groups is 1. The fourth-order valence-corrected chi connectivity index (χ4v) is 4.19. The predicted molar refractivity (Wildman–Crippen MR) is 121 cm³/mol. The number of hydrogen-bond acceptors (Lipinski definition) is 5. The smallest absolute Gasteiger partial charge is 0.282 e. The van der Waals surface area contributed by atoms with Crippen LogP contribution in [0.15, 0.2) is 71.7 Å². The molecular formula is C24H22N2O3S. The summed E-state index contributed by atoms with van der Waals surface area (Å²) in [5.74, 6) is 0.242. The molecule has 6 heteroatoms. The Morgan fingerprint density at radius 2 is 1.67 bits per heavy atom. The number of benzene rings is 2. The number of nitrogens with zero attached hydrogens (tertiary/aromatic N) is 1. The van der Waals surface area contributed by atoms with E-state index in [4.69, 9.17) is 4.74 Å². The molecule has 0 fully saturated rings. The van der Waals surface area contributed by atoms with Gasteiger partial charge < -0.3 is 10.1 Å². The van der Waals surface area contributed by atoms with Crippen molar-refractivity contribution in [2.24, 2.45) is 0 Å². The molecule has 1 N–H and O–H groups in total. The monoisotopic (exact) mass is 418 g/mol. The molecule has 30 heavy (non-hydrogen) atoms. The molecule has 1 aromatic heterocycles. The van der Waals surface area contributed by atoms with Crippen molar-refractivity contribution in [3.63, 3.8) is 0 Å². The lowest BCUT2D eigenvalue weighted by molar-refractivity contribution is -0.120. The van der Waals surface area contributed by atoms with Crippen molar-refractivity contribution in [2.45, 2.75) is 19.8 Å². The lowest BCUT2D eigenvalue weighted by Crippen LogP contribution is -2.32. The van der Waals surface area contributed by atoms with Gasteiger partial charge in [-0.1, -0.05) is 44.2 Å². The highest BCUT2D eigenvalue weighted by atomic mass is 32.1. The number of thiophene rings is 1. The Balaban J connectivity index is 1.77. The fourth-order valence-electron chi connectivity index (χ4n) is 3.42. The first-order chi connectivity index (χ1) is 14.5. The van der Waals surface area contributed by atoms with Crippen LogP contribution in [0.2, 0.25) is 0 Å². The number of para-hydroxylation sites is 2. The lowest BCUT2D eigenvalue weighted by Gasteiger charge is -2.17. The number of rotatable bonds is 6. The van der Waals surface area contributed by atoms with E-state index in [1.165, 1.54) is 16.2 Å². The number of carbonyl (C=O) groups is 2. The average molecular weight is 419 g/mol. The van der Waals surface area contributed by atoms with Crippen molar-refractivity contribution < 1.29 is 14.3 Å². The maximum atomic E-state index is 13.4. The second-order valence-corrected chi connectivity index (χ2v) is 8.19. The van der Waals surface area contributed by atoms with Gasteiger partial charge in [-0.25, -0.2) is 4.90 Å². The first-order valence-electron chi connectivity index (χ1n) is 9.68. The van der Waals surface area contributed by atoms with E-state index in [1.54, 1.807) is 13.2 Å². The summed E-state index contributed by atoms with van der Waals surface area (Å²) in [6.07, 6.45) is 0. The minimum atomic E-state index is -0.383. The molecule has 1 aliphatic heterocycles. The minimum Gasteiger partial charge on any atom is -0.495 e. The van der Waals surface area contributed by atoms with Gasteiger partial charge in [-0.05, 0) is 47.2 Å². The second-order valence-electron chi connectivity index (χ2n) is 7.24. The zero-order chi connectivity index (χ0) is 21.3. The zero-order valence-corrected chi connectivity index (χ0v) is 17.8. The normalized spacial score (nSPS) is 14.1. The summed E-state index contributed by atoms with van der Waals surface area (Å²) in [6.45, 7) is 4.21. The highest BCUT2D eigenvalue weighted by Gasteiger charge is 2.40. The van der Waals surface area contributed by atoms with Crippen LogP contribution in [0.25, 0.3) is 5.57 Å². The first-order valence-corrected chi connectivity index (χ1v) is 10.6. The molecule has 0 saturated heterocycles. The van der Waals surface area contributed by atoms with Crippen LogP contribution in [-0.4, -0.2) is 18.9 Å². The molecule has 4 rings (SSSR count). The summed E-state index contributed by atoms with van der Waals surface area (Å²) in [7, 11) is 1.57. The van der Waals surface area contributed by atoms with Crippen molar-refractivity contribution in [3.05, 3.63) is 82.2 Å². The number of hydrogen-bond donors (Lipinski definition) is 1. The molecule has 0 atom stereocenters. The molecule has 0 bridgehead atoms. The van der Waals surface area contributed by atoms with E-state index in [0.29, 0.717) is 28.6 Å². The van der Waals surface area contributed by atoms with E-state index in [1.807, 2.05) is 60.0 Å². The minimum absolute atomic E-state index is 0.250. The number of ether oxygens (including phenoxy) is 1. The molecule has 5 nitrogen and oxygen atoms in total. The summed E-state index contributed by atoms with van der Waals surface area (Å²) >= 11 is 1.42. The standard InChI is InChI=1S/C24H22N2O3S/c1-15(2)16-10-12-17(13-11-16)26-23(27)21(20-9-6-14-30-20)22(24(26)28)25-18-7-4-5-8-19(18)29-3/h4-15,25H,1-3H3. The fraction of sp³-hybridized carbons (Fsp3) is 0.167. The quantitative estimate of drug-likeness (QED) is 0.554. The van der Waals surface area contributed by atoms with E-state index >= 15 is 0 Å². The molecule has 0 spiro atoms. The Morgan fingerprint density at radius 1 is 0.933 bits per heavy atom. The molecule has 0 unspecified atom stereocenters. The van der Waals surface area contributed by atoms with Gasteiger partial charge in [0.05, 0.1) is 24.1 Å². The Kier molecular flexibility index (Phi) is 5.42. The summed E-state index contributed by atoms with van der Waals surface area (Å²) in [4.78, 5) is 28.7. The number of methoxy groups -OCH3 is 1. The summed E-state index contributed by atoms with van der Waals surface area (Å²) in [5.41, 5.74) is 2.95. The van der Waals surface area contributed by atoms with Crippen molar-refractivity contribution in [3.8, 4) is 5.75 Å². The van der Waals surface area contributed by atoms with Gasteiger partial charge in [-0.15, -0.1) is 11.3 Å². The van der Waals surface area contributed by atoms with Crippen molar-refractivity contribution in [1.29, 1.82) is 0 Å². The molecule has 3 aromatic rings. The van der Waals surface area contributed by atoms with Crippen LogP contribution in [0, 0.1) is 0 Å². The Labute approximate surface area is 179 Å². The molecule has 2 amide bonds. The van der Waals surface area contributed by atoms with Gasteiger partial charge >= 0.3 is 0 Å². The molecule has 0 radical (unpaired) electrons. The van der Waals surface area contributed by atoms with E-state index in [9.17, 15) is 9.59 Å². The lowest BCUT2D eigenvalue weighted by atomic mass is 10.0. The zero-order valence-electron chi connectivity index (χ0n) is 17.0. The molecule has 2 aromatic carbocycles. The molecular weight excluding hydrogens is 396 g/mol. The van der Waals surface area contributed by atoms with E-state index < -0.39 is 0 Å². The van der Waals surface area contributed by atoms with Gasteiger partial charge in [0, 0.05) is 4.88 Å². The summed E-state index contributed by atoms with van der Waals surface area (Å²) < 4.78 is 5.40. The third-order valence-electron chi connectivity index (χ3n) is 5.04. The van der Waals surface area contributed by atoms with Gasteiger partial charge in [0.1, 0.15) is 11.4 Å². The van der Waals surface area contributed by atoms with E-state index in [0.717, 1.165) is 10.4 Å². The number of nitrogens with one attached hydrogen (secondary N) is 1. The van der Waals surface area contributed by atoms with E-state index in [2.05, 4.69) is 19.2 Å². The van der Waals surface area contributed by atoms with Crippen LogP contribution < -0.4 is 15.0 Å². The largest absolute Gasteiger partial charge is 0.495 e.